The summed E-state index contributed by atoms with van der Waals surface area (Å²) in [4.78, 5) is 0. The highest BCUT2D eigenvalue weighted by molar-refractivity contribution is 5.05. The summed E-state index contributed by atoms with van der Waals surface area (Å²) in [6.07, 6.45) is 11.7. The molecule has 92 valence electrons. The fourth-order valence-electron chi connectivity index (χ4n) is 2.64. The monoisotopic (exact) mass is 223 g/mol. The predicted molar refractivity (Wildman–Crippen MR) is 67.6 cm³/mol. The average Bonchev–Trinajstić information content (AvgIpc) is 2.37. The Morgan fingerprint density at radius 3 is 2.88 bits per heavy atom. The molecule has 0 unspecified atom stereocenters. The van der Waals surface area contributed by atoms with E-state index >= 15 is 0 Å². The van der Waals surface area contributed by atoms with Gasteiger partial charge < -0.3 is 10.1 Å². The number of ether oxygens (including phenoxy) is 1. The summed E-state index contributed by atoms with van der Waals surface area (Å²) in [5, 5.41) is 3.61. The fourth-order valence-corrected chi connectivity index (χ4v) is 2.64. The summed E-state index contributed by atoms with van der Waals surface area (Å²) in [5.41, 5.74) is 1.69. The van der Waals surface area contributed by atoms with Crippen molar-refractivity contribution in [3.63, 3.8) is 0 Å². The summed E-state index contributed by atoms with van der Waals surface area (Å²) in [5.74, 6) is 0.856. The summed E-state index contributed by atoms with van der Waals surface area (Å²) >= 11 is 0. The maximum atomic E-state index is 5.36. The number of hydrogen-bond donors (Lipinski definition) is 1. The van der Waals surface area contributed by atoms with Crippen LogP contribution in [-0.4, -0.2) is 26.3 Å². The maximum Gasteiger partial charge on any atom is 0.0469 e. The van der Waals surface area contributed by atoms with Gasteiger partial charge in [0.2, 0.25) is 0 Å². The predicted octanol–water partition coefficient (Wildman–Crippen LogP) is 2.89. The SMILES string of the molecule is C1=C(CCNCC2CCOCC2)CCCC1. The van der Waals surface area contributed by atoms with Crippen LogP contribution in [-0.2, 0) is 4.74 Å². The summed E-state index contributed by atoms with van der Waals surface area (Å²) in [7, 11) is 0. The fraction of sp³-hybridized carbons (Fsp3) is 0.857. The van der Waals surface area contributed by atoms with Gasteiger partial charge in [-0.3, -0.25) is 0 Å². The van der Waals surface area contributed by atoms with Crippen LogP contribution in [0.4, 0.5) is 0 Å². The second kappa shape index (κ2) is 7.08. The number of nitrogens with one attached hydrogen (secondary N) is 1. The molecule has 16 heavy (non-hydrogen) atoms. The van der Waals surface area contributed by atoms with Gasteiger partial charge in [0.1, 0.15) is 0 Å². The average molecular weight is 223 g/mol. The van der Waals surface area contributed by atoms with Crippen molar-refractivity contribution >= 4 is 0 Å². The first-order valence-electron chi connectivity index (χ1n) is 6.91. The quantitative estimate of drug-likeness (QED) is 0.571. The van der Waals surface area contributed by atoms with Gasteiger partial charge in [0.05, 0.1) is 0 Å². The van der Waals surface area contributed by atoms with Crippen molar-refractivity contribution < 1.29 is 4.74 Å². The minimum absolute atomic E-state index is 0.856. The summed E-state index contributed by atoms with van der Waals surface area (Å²) in [6, 6.07) is 0. The Balaban J connectivity index is 1.52. The summed E-state index contributed by atoms with van der Waals surface area (Å²) in [6.45, 7) is 4.30. The van der Waals surface area contributed by atoms with Gasteiger partial charge in [-0.2, -0.15) is 0 Å². The van der Waals surface area contributed by atoms with Crippen molar-refractivity contribution in [1.29, 1.82) is 0 Å². The van der Waals surface area contributed by atoms with Crippen LogP contribution < -0.4 is 5.32 Å². The molecule has 0 spiro atoms. The third-order valence-corrected chi connectivity index (χ3v) is 3.78. The first-order valence-corrected chi connectivity index (χ1v) is 6.91. The highest BCUT2D eigenvalue weighted by Gasteiger charge is 2.12. The van der Waals surface area contributed by atoms with Crippen LogP contribution in [0.25, 0.3) is 0 Å². The van der Waals surface area contributed by atoms with Crippen molar-refractivity contribution in [3.8, 4) is 0 Å². The molecule has 0 aromatic rings. The third-order valence-electron chi connectivity index (χ3n) is 3.78. The van der Waals surface area contributed by atoms with Gasteiger partial charge in [-0.25, -0.2) is 0 Å². The summed E-state index contributed by atoms with van der Waals surface area (Å²) < 4.78 is 5.36. The molecule has 1 fully saturated rings. The van der Waals surface area contributed by atoms with E-state index in [4.69, 9.17) is 4.74 Å². The first-order chi connectivity index (χ1) is 7.95. The molecule has 0 radical (unpaired) electrons. The molecule has 1 heterocycles. The van der Waals surface area contributed by atoms with Crippen LogP contribution >= 0.6 is 0 Å². The van der Waals surface area contributed by atoms with E-state index in [-0.39, 0.29) is 0 Å². The first kappa shape index (κ1) is 12.1. The molecule has 1 aliphatic carbocycles. The molecule has 0 bridgehead atoms. The highest BCUT2D eigenvalue weighted by atomic mass is 16.5. The molecule has 0 atom stereocenters. The molecule has 2 aliphatic rings. The molecule has 2 rings (SSSR count). The third kappa shape index (κ3) is 4.26. The van der Waals surface area contributed by atoms with E-state index < -0.39 is 0 Å². The largest absolute Gasteiger partial charge is 0.381 e. The van der Waals surface area contributed by atoms with E-state index in [0.717, 1.165) is 19.1 Å². The maximum absolute atomic E-state index is 5.36. The molecule has 1 saturated heterocycles. The van der Waals surface area contributed by atoms with Gasteiger partial charge in [0.25, 0.3) is 0 Å². The molecule has 2 heteroatoms. The van der Waals surface area contributed by atoms with Crippen molar-refractivity contribution in [2.45, 2.75) is 44.9 Å². The Kier molecular flexibility index (Phi) is 5.36. The van der Waals surface area contributed by atoms with Crippen molar-refractivity contribution in [2.24, 2.45) is 5.92 Å². The lowest BCUT2D eigenvalue weighted by Crippen LogP contribution is -2.28. The van der Waals surface area contributed by atoms with Gasteiger partial charge >= 0.3 is 0 Å². The number of allylic oxidation sites excluding steroid dienone is 1. The van der Waals surface area contributed by atoms with E-state index in [2.05, 4.69) is 11.4 Å². The van der Waals surface area contributed by atoms with Crippen LogP contribution in [0.2, 0.25) is 0 Å². The van der Waals surface area contributed by atoms with Gasteiger partial charge in [0.15, 0.2) is 0 Å². The van der Waals surface area contributed by atoms with Crippen LogP contribution in [0.15, 0.2) is 11.6 Å². The highest BCUT2D eigenvalue weighted by Crippen LogP contribution is 2.19. The molecule has 2 nitrogen and oxygen atoms in total. The second-order valence-corrected chi connectivity index (χ2v) is 5.12. The number of hydrogen-bond acceptors (Lipinski definition) is 2. The van der Waals surface area contributed by atoms with Gasteiger partial charge in [-0.05, 0) is 64.0 Å². The molecule has 0 aromatic heterocycles. The van der Waals surface area contributed by atoms with Crippen LogP contribution in [0, 0.1) is 5.92 Å². The van der Waals surface area contributed by atoms with Crippen molar-refractivity contribution in [1.82, 2.24) is 5.32 Å². The minimum Gasteiger partial charge on any atom is -0.381 e. The van der Waals surface area contributed by atoms with E-state index in [1.807, 2.05) is 0 Å². The van der Waals surface area contributed by atoms with Crippen molar-refractivity contribution in [2.75, 3.05) is 26.3 Å². The minimum atomic E-state index is 0.856. The smallest absolute Gasteiger partial charge is 0.0469 e. The Labute approximate surface area is 99.4 Å². The zero-order chi connectivity index (χ0) is 11.1. The molecule has 1 aliphatic heterocycles. The lowest BCUT2D eigenvalue weighted by Gasteiger charge is -2.22. The van der Waals surface area contributed by atoms with Crippen molar-refractivity contribution in [3.05, 3.63) is 11.6 Å². The van der Waals surface area contributed by atoms with Crippen LogP contribution in [0.1, 0.15) is 44.9 Å². The molecule has 0 amide bonds. The normalized spacial score (nSPS) is 23.1. The zero-order valence-corrected chi connectivity index (χ0v) is 10.3. The topological polar surface area (TPSA) is 21.3 Å². The Morgan fingerprint density at radius 2 is 2.12 bits per heavy atom. The molecular formula is C14H25NO. The van der Waals surface area contributed by atoms with Gasteiger partial charge in [-0.15, -0.1) is 0 Å². The van der Waals surface area contributed by atoms with Gasteiger partial charge in [-0.1, -0.05) is 11.6 Å². The van der Waals surface area contributed by atoms with E-state index in [1.165, 1.54) is 58.0 Å². The Hall–Kier alpha value is -0.340. The molecule has 0 aromatic carbocycles. The zero-order valence-electron chi connectivity index (χ0n) is 10.3. The van der Waals surface area contributed by atoms with Gasteiger partial charge in [0, 0.05) is 13.2 Å². The van der Waals surface area contributed by atoms with E-state index in [9.17, 15) is 0 Å². The standard InChI is InChI=1S/C14H25NO/c1-2-4-13(5-3-1)6-9-15-12-14-7-10-16-11-8-14/h4,14-15H,1-3,5-12H2. The lowest BCUT2D eigenvalue weighted by atomic mass is 9.97. The molecular weight excluding hydrogens is 198 g/mol. The molecule has 0 saturated carbocycles. The number of rotatable bonds is 5. The Morgan fingerprint density at radius 1 is 1.25 bits per heavy atom. The second-order valence-electron chi connectivity index (χ2n) is 5.12. The van der Waals surface area contributed by atoms with Crippen LogP contribution in [0.5, 0.6) is 0 Å². The lowest BCUT2D eigenvalue weighted by molar-refractivity contribution is 0.0664. The van der Waals surface area contributed by atoms with E-state index in [1.54, 1.807) is 5.57 Å². The molecule has 1 N–H and O–H groups in total. The van der Waals surface area contributed by atoms with E-state index in [0.29, 0.717) is 0 Å². The Bertz CT molecular complexity index is 219. The van der Waals surface area contributed by atoms with Crippen LogP contribution in [0.3, 0.4) is 0 Å².